The molecule has 3 nitrogen and oxygen atoms in total. The Bertz CT molecular complexity index is 145. The van der Waals surface area contributed by atoms with E-state index in [0.29, 0.717) is 0 Å². The van der Waals surface area contributed by atoms with E-state index in [4.69, 9.17) is 5.41 Å². The number of carbonyl (C=O) groups excluding carboxylic acids is 1. The zero-order valence-corrected chi connectivity index (χ0v) is 4.82. The fourth-order valence-electron chi connectivity index (χ4n) is 0.204. The number of hydrogen-bond donors (Lipinski definition) is 1. The van der Waals surface area contributed by atoms with E-state index in [1.165, 1.54) is 14.0 Å². The highest BCUT2D eigenvalue weighted by molar-refractivity contribution is 5.96. The first-order valence-corrected chi connectivity index (χ1v) is 2.07. The van der Waals surface area contributed by atoms with Gasteiger partial charge in [0.2, 0.25) is 0 Å². The number of esters is 1. The largest absolute Gasteiger partial charge is 0.465 e. The molecule has 0 rings (SSSR count). The van der Waals surface area contributed by atoms with Gasteiger partial charge >= 0.3 is 5.97 Å². The Hall–Kier alpha value is -1.08. The molecule has 0 unspecified atom stereocenters. The number of hydrogen-bond acceptors (Lipinski definition) is 3. The summed E-state index contributed by atoms with van der Waals surface area (Å²) < 4.78 is 4.24. The van der Waals surface area contributed by atoms with Crippen molar-refractivity contribution in [3.8, 4) is 0 Å². The predicted octanol–water partition coefficient (Wildman–Crippen LogP) is 0.354. The highest BCUT2D eigenvalue weighted by Crippen LogP contribution is 1.86. The summed E-state index contributed by atoms with van der Waals surface area (Å²) in [6, 6.07) is 0. The monoisotopic (exact) mass is 113 g/mol. The second-order valence-electron chi connectivity index (χ2n) is 1.24. The second kappa shape index (κ2) is 2.99. The maximum absolute atomic E-state index is 10.3. The lowest BCUT2D eigenvalue weighted by molar-refractivity contribution is -0.135. The van der Waals surface area contributed by atoms with Gasteiger partial charge in [-0.1, -0.05) is 0 Å². The molecule has 0 fully saturated rings. The van der Waals surface area contributed by atoms with Crippen LogP contribution in [0.4, 0.5) is 0 Å². The third-order valence-corrected chi connectivity index (χ3v) is 0.679. The van der Waals surface area contributed by atoms with Crippen molar-refractivity contribution >= 4 is 11.8 Å². The van der Waals surface area contributed by atoms with E-state index in [-0.39, 0.29) is 5.57 Å². The van der Waals surface area contributed by atoms with Gasteiger partial charge in [0.15, 0.2) is 0 Å². The zero-order chi connectivity index (χ0) is 6.57. The maximum Gasteiger partial charge on any atom is 0.342 e. The van der Waals surface area contributed by atoms with Crippen LogP contribution < -0.4 is 0 Å². The van der Waals surface area contributed by atoms with E-state index in [1.54, 1.807) is 0 Å². The van der Waals surface area contributed by atoms with Crippen molar-refractivity contribution in [2.45, 2.75) is 6.92 Å². The van der Waals surface area contributed by atoms with E-state index in [0.717, 1.165) is 0 Å². The Labute approximate surface area is 47.5 Å². The first-order valence-electron chi connectivity index (χ1n) is 2.07. The van der Waals surface area contributed by atoms with Crippen molar-refractivity contribution in [3.05, 3.63) is 5.57 Å². The molecule has 0 bridgehead atoms. The Morgan fingerprint density at radius 1 is 1.75 bits per heavy atom. The minimum absolute atomic E-state index is 0.188. The van der Waals surface area contributed by atoms with Crippen LogP contribution in [0.2, 0.25) is 0 Å². The van der Waals surface area contributed by atoms with Gasteiger partial charge in [0.1, 0.15) is 0 Å². The summed E-state index contributed by atoms with van der Waals surface area (Å²) >= 11 is 0. The first kappa shape index (κ1) is 6.92. The minimum atomic E-state index is -0.500. The molecule has 0 heterocycles. The average molecular weight is 113 g/mol. The van der Waals surface area contributed by atoms with Crippen LogP contribution in [0.3, 0.4) is 0 Å². The molecule has 0 saturated carbocycles. The SMILES string of the molecule is COC(=O)C(C)=C=N. The van der Waals surface area contributed by atoms with E-state index < -0.39 is 5.97 Å². The van der Waals surface area contributed by atoms with Gasteiger partial charge in [-0.25, -0.2) is 4.79 Å². The van der Waals surface area contributed by atoms with Crippen LogP contribution >= 0.6 is 0 Å². The second-order valence-corrected chi connectivity index (χ2v) is 1.24. The van der Waals surface area contributed by atoms with Crippen molar-refractivity contribution < 1.29 is 9.53 Å². The highest BCUT2D eigenvalue weighted by Gasteiger charge is 1.99. The van der Waals surface area contributed by atoms with E-state index >= 15 is 0 Å². The molecule has 8 heavy (non-hydrogen) atoms. The Morgan fingerprint density at radius 3 is 2.38 bits per heavy atom. The summed E-state index contributed by atoms with van der Waals surface area (Å²) in [5.74, 6) is 1.41. The molecule has 0 amide bonds. The lowest BCUT2D eigenvalue weighted by atomic mass is 10.4. The van der Waals surface area contributed by atoms with Crippen molar-refractivity contribution in [3.63, 3.8) is 0 Å². The summed E-state index contributed by atoms with van der Waals surface area (Å²) in [6.07, 6.45) is 0. The van der Waals surface area contributed by atoms with Gasteiger partial charge in [-0.2, -0.15) is 0 Å². The van der Waals surface area contributed by atoms with Gasteiger partial charge in [0, 0.05) is 0 Å². The molecule has 0 atom stereocenters. The molecule has 1 N–H and O–H groups in total. The normalized spacial score (nSPS) is 7.25. The topological polar surface area (TPSA) is 50.2 Å². The smallest absolute Gasteiger partial charge is 0.342 e. The predicted molar refractivity (Wildman–Crippen MR) is 28.9 cm³/mol. The quantitative estimate of drug-likeness (QED) is 0.303. The molecule has 0 aliphatic heterocycles. The summed E-state index contributed by atoms with van der Waals surface area (Å²) in [6.45, 7) is 1.47. The molecule has 0 aromatic carbocycles. The van der Waals surface area contributed by atoms with Gasteiger partial charge in [-0.3, -0.25) is 5.41 Å². The zero-order valence-electron chi connectivity index (χ0n) is 4.82. The van der Waals surface area contributed by atoms with Crippen LogP contribution in [0.5, 0.6) is 0 Å². The molecular formula is C5H7NO2. The van der Waals surface area contributed by atoms with E-state index in [9.17, 15) is 4.79 Å². The van der Waals surface area contributed by atoms with Gasteiger partial charge in [-0.05, 0) is 12.8 Å². The fraction of sp³-hybridized carbons (Fsp3) is 0.400. The lowest BCUT2D eigenvalue weighted by Crippen LogP contribution is -2.01. The number of carbonyl (C=O) groups is 1. The summed E-state index contributed by atoms with van der Waals surface area (Å²) in [7, 11) is 1.27. The average Bonchev–Trinajstić information content (AvgIpc) is 1.84. The molecule has 0 spiro atoms. The molecule has 0 aliphatic carbocycles. The van der Waals surface area contributed by atoms with Crippen LogP contribution in [0.25, 0.3) is 0 Å². The molecule has 0 aromatic rings. The number of nitrogens with one attached hydrogen (secondary N) is 1. The van der Waals surface area contributed by atoms with Crippen LogP contribution in [-0.4, -0.2) is 18.9 Å². The van der Waals surface area contributed by atoms with E-state index in [1.807, 2.05) is 5.87 Å². The van der Waals surface area contributed by atoms with Crippen molar-refractivity contribution in [2.24, 2.45) is 0 Å². The van der Waals surface area contributed by atoms with Crippen molar-refractivity contribution in [2.75, 3.05) is 7.11 Å². The minimum Gasteiger partial charge on any atom is -0.465 e. The summed E-state index contributed by atoms with van der Waals surface area (Å²) in [5.41, 5.74) is 0.188. The maximum atomic E-state index is 10.3. The molecule has 44 valence electrons. The van der Waals surface area contributed by atoms with Crippen LogP contribution in [0, 0.1) is 5.41 Å². The third kappa shape index (κ3) is 1.58. The molecular weight excluding hydrogens is 106 g/mol. The Morgan fingerprint density at radius 2 is 2.25 bits per heavy atom. The van der Waals surface area contributed by atoms with Crippen molar-refractivity contribution in [1.82, 2.24) is 0 Å². The fourth-order valence-corrected chi connectivity index (χ4v) is 0.204. The summed E-state index contributed by atoms with van der Waals surface area (Å²) in [4.78, 5) is 10.3. The lowest BCUT2D eigenvalue weighted by Gasteiger charge is -1.90. The molecule has 0 aliphatic rings. The standard InChI is InChI=1S/C5H7NO2/c1-4(3-6)5(7)8-2/h6H,1-2H3. The van der Waals surface area contributed by atoms with Gasteiger partial charge < -0.3 is 4.74 Å². The van der Waals surface area contributed by atoms with Crippen LogP contribution in [0.15, 0.2) is 5.57 Å². The van der Waals surface area contributed by atoms with Gasteiger partial charge in [0.25, 0.3) is 0 Å². The van der Waals surface area contributed by atoms with E-state index in [2.05, 4.69) is 4.74 Å². The molecule has 0 radical (unpaired) electrons. The number of rotatable bonds is 1. The molecule has 0 saturated heterocycles. The van der Waals surface area contributed by atoms with Crippen LogP contribution in [0.1, 0.15) is 6.92 Å². The third-order valence-electron chi connectivity index (χ3n) is 0.679. The Balaban J connectivity index is 4.04. The van der Waals surface area contributed by atoms with Crippen molar-refractivity contribution in [1.29, 1.82) is 5.41 Å². The Kier molecular flexibility index (Phi) is 2.59. The number of ether oxygens (including phenoxy) is 1. The molecule has 0 aromatic heterocycles. The number of methoxy groups -OCH3 is 1. The first-order chi connectivity index (χ1) is 3.72. The highest BCUT2D eigenvalue weighted by atomic mass is 16.5. The van der Waals surface area contributed by atoms with Crippen LogP contribution in [-0.2, 0) is 9.53 Å². The van der Waals surface area contributed by atoms with Gasteiger partial charge in [-0.15, -0.1) is 0 Å². The summed E-state index contributed by atoms with van der Waals surface area (Å²) in [5, 5.41) is 6.45. The van der Waals surface area contributed by atoms with Gasteiger partial charge in [0.05, 0.1) is 12.7 Å². The molecule has 3 heteroatoms.